The van der Waals surface area contributed by atoms with Crippen molar-refractivity contribution in [3.8, 4) is 0 Å². The van der Waals surface area contributed by atoms with Crippen LogP contribution in [0, 0.1) is 11.6 Å². The molecule has 2 aromatic rings. The number of nitrogens with zero attached hydrogens (tertiary/aromatic N) is 1. The van der Waals surface area contributed by atoms with E-state index in [0.717, 1.165) is 29.9 Å². The second kappa shape index (κ2) is 5.81. The van der Waals surface area contributed by atoms with E-state index in [1.807, 2.05) is 17.5 Å². The van der Waals surface area contributed by atoms with Gasteiger partial charge in [-0.25, -0.2) is 13.6 Å². The summed E-state index contributed by atoms with van der Waals surface area (Å²) in [6.45, 7) is 0.636. The minimum Gasteiger partial charge on any atom is -0.317 e. The van der Waals surface area contributed by atoms with Crippen molar-refractivity contribution < 1.29 is 13.6 Å². The van der Waals surface area contributed by atoms with Crippen molar-refractivity contribution in [2.75, 3.05) is 11.9 Å². The molecule has 2 amide bonds. The number of likely N-dealkylation sites (tertiary alicyclic amines) is 1. The SMILES string of the molecule is O=C(Nc1ccc(F)cc1F)N1CCC[C@H]1c1cccs1. The molecule has 2 heterocycles. The number of amides is 2. The van der Waals surface area contributed by atoms with Crippen LogP contribution < -0.4 is 5.32 Å². The Morgan fingerprint density at radius 1 is 1.33 bits per heavy atom. The Bertz CT molecular complexity index is 645. The average molecular weight is 308 g/mol. The molecule has 0 unspecified atom stereocenters. The maximum atomic E-state index is 13.6. The van der Waals surface area contributed by atoms with Crippen LogP contribution in [0.2, 0.25) is 0 Å². The first kappa shape index (κ1) is 14.0. The first-order chi connectivity index (χ1) is 10.1. The highest BCUT2D eigenvalue weighted by atomic mass is 32.1. The number of carbonyl (C=O) groups excluding carboxylic acids is 1. The van der Waals surface area contributed by atoms with Crippen LogP contribution in [0.1, 0.15) is 23.8 Å². The molecule has 1 aromatic heterocycles. The number of nitrogens with one attached hydrogen (secondary N) is 1. The number of hydrogen-bond donors (Lipinski definition) is 1. The molecule has 6 heteroatoms. The fraction of sp³-hybridized carbons (Fsp3) is 0.267. The van der Waals surface area contributed by atoms with Gasteiger partial charge in [-0.15, -0.1) is 11.3 Å². The van der Waals surface area contributed by atoms with Gasteiger partial charge < -0.3 is 10.2 Å². The van der Waals surface area contributed by atoms with Gasteiger partial charge in [-0.2, -0.15) is 0 Å². The topological polar surface area (TPSA) is 32.3 Å². The van der Waals surface area contributed by atoms with Gasteiger partial charge in [0.15, 0.2) is 0 Å². The predicted molar refractivity (Wildman–Crippen MR) is 78.4 cm³/mol. The standard InChI is InChI=1S/C15H14F2N2OS/c16-10-5-6-12(11(17)9-10)18-15(20)19-7-1-3-13(19)14-4-2-8-21-14/h2,4-6,8-9,13H,1,3,7H2,(H,18,20)/t13-/m0/s1. The van der Waals surface area contributed by atoms with Gasteiger partial charge in [0.2, 0.25) is 0 Å². The van der Waals surface area contributed by atoms with Gasteiger partial charge in [0.1, 0.15) is 11.6 Å². The van der Waals surface area contributed by atoms with Crippen molar-refractivity contribution in [1.82, 2.24) is 4.90 Å². The van der Waals surface area contributed by atoms with Gasteiger partial charge in [-0.3, -0.25) is 0 Å². The maximum Gasteiger partial charge on any atom is 0.322 e. The second-order valence-corrected chi connectivity index (χ2v) is 5.90. The first-order valence-corrected chi connectivity index (χ1v) is 7.59. The Kier molecular flexibility index (Phi) is 3.88. The summed E-state index contributed by atoms with van der Waals surface area (Å²) in [7, 11) is 0. The minimum absolute atomic E-state index is 0.00164. The molecule has 3 nitrogen and oxygen atoms in total. The molecule has 3 rings (SSSR count). The molecular weight excluding hydrogens is 294 g/mol. The van der Waals surface area contributed by atoms with E-state index in [4.69, 9.17) is 0 Å². The van der Waals surface area contributed by atoms with Crippen LogP contribution >= 0.6 is 11.3 Å². The van der Waals surface area contributed by atoms with E-state index in [0.29, 0.717) is 6.54 Å². The van der Waals surface area contributed by atoms with Gasteiger partial charge in [0.05, 0.1) is 11.7 Å². The molecule has 0 spiro atoms. The molecule has 1 N–H and O–H groups in total. The molecule has 1 aliphatic rings. The van der Waals surface area contributed by atoms with E-state index in [1.165, 1.54) is 6.07 Å². The van der Waals surface area contributed by atoms with Gasteiger partial charge in [0.25, 0.3) is 0 Å². The van der Waals surface area contributed by atoms with Crippen molar-refractivity contribution in [2.24, 2.45) is 0 Å². The summed E-state index contributed by atoms with van der Waals surface area (Å²) in [6.07, 6.45) is 1.82. The number of hydrogen-bond acceptors (Lipinski definition) is 2. The lowest BCUT2D eigenvalue weighted by Gasteiger charge is -2.24. The van der Waals surface area contributed by atoms with Crippen LogP contribution in [-0.2, 0) is 0 Å². The largest absolute Gasteiger partial charge is 0.322 e. The molecule has 0 radical (unpaired) electrons. The predicted octanol–water partition coefficient (Wildman–Crippen LogP) is 4.40. The summed E-state index contributed by atoms with van der Waals surface area (Å²) in [5.74, 6) is -1.43. The smallest absolute Gasteiger partial charge is 0.317 e. The molecule has 21 heavy (non-hydrogen) atoms. The van der Waals surface area contributed by atoms with Crippen LogP contribution in [0.4, 0.5) is 19.3 Å². The summed E-state index contributed by atoms with van der Waals surface area (Å²) in [4.78, 5) is 15.1. The van der Waals surface area contributed by atoms with Crippen molar-refractivity contribution in [3.63, 3.8) is 0 Å². The lowest BCUT2D eigenvalue weighted by Crippen LogP contribution is -2.34. The lowest BCUT2D eigenvalue weighted by atomic mass is 10.2. The van der Waals surface area contributed by atoms with Gasteiger partial charge in [0, 0.05) is 17.5 Å². The van der Waals surface area contributed by atoms with Gasteiger partial charge >= 0.3 is 6.03 Å². The Morgan fingerprint density at radius 3 is 2.90 bits per heavy atom. The van der Waals surface area contributed by atoms with E-state index in [9.17, 15) is 13.6 Å². The van der Waals surface area contributed by atoms with Crippen molar-refractivity contribution in [2.45, 2.75) is 18.9 Å². The number of carbonyl (C=O) groups is 1. The fourth-order valence-corrected chi connectivity index (χ4v) is 3.44. The van der Waals surface area contributed by atoms with Crippen LogP contribution in [0.3, 0.4) is 0 Å². The Labute approximate surface area is 125 Å². The third kappa shape index (κ3) is 2.90. The third-order valence-electron chi connectivity index (χ3n) is 3.56. The summed E-state index contributed by atoms with van der Waals surface area (Å²) in [5, 5.41) is 4.50. The van der Waals surface area contributed by atoms with Crippen LogP contribution in [0.25, 0.3) is 0 Å². The molecule has 0 bridgehead atoms. The first-order valence-electron chi connectivity index (χ1n) is 6.71. The highest BCUT2D eigenvalue weighted by Crippen LogP contribution is 2.34. The summed E-state index contributed by atoms with van der Waals surface area (Å²) >= 11 is 1.61. The zero-order valence-electron chi connectivity index (χ0n) is 11.2. The number of anilines is 1. The van der Waals surface area contributed by atoms with Gasteiger partial charge in [-0.05, 0) is 36.4 Å². The molecule has 1 aliphatic heterocycles. The summed E-state index contributed by atoms with van der Waals surface area (Å²) < 4.78 is 26.5. The molecule has 0 saturated carbocycles. The Hall–Kier alpha value is -1.95. The molecular formula is C15H14F2N2OS. The van der Waals surface area contributed by atoms with E-state index in [2.05, 4.69) is 5.32 Å². The lowest BCUT2D eigenvalue weighted by molar-refractivity contribution is 0.207. The van der Waals surface area contributed by atoms with Crippen LogP contribution in [0.5, 0.6) is 0 Å². The second-order valence-electron chi connectivity index (χ2n) is 4.92. The van der Waals surface area contributed by atoms with E-state index in [-0.39, 0.29) is 17.8 Å². The van der Waals surface area contributed by atoms with Crippen molar-refractivity contribution in [1.29, 1.82) is 0 Å². The number of thiophene rings is 1. The normalized spacial score (nSPS) is 18.0. The maximum absolute atomic E-state index is 13.6. The zero-order chi connectivity index (χ0) is 14.8. The number of halogens is 2. The van der Waals surface area contributed by atoms with Crippen molar-refractivity contribution in [3.05, 3.63) is 52.2 Å². The minimum atomic E-state index is -0.768. The van der Waals surface area contributed by atoms with E-state index in [1.54, 1.807) is 16.2 Å². The molecule has 1 aromatic carbocycles. The Morgan fingerprint density at radius 2 is 2.19 bits per heavy atom. The number of benzene rings is 1. The highest BCUT2D eigenvalue weighted by Gasteiger charge is 2.30. The van der Waals surface area contributed by atoms with E-state index >= 15 is 0 Å². The molecule has 1 fully saturated rings. The third-order valence-corrected chi connectivity index (χ3v) is 4.53. The highest BCUT2D eigenvalue weighted by molar-refractivity contribution is 7.10. The quantitative estimate of drug-likeness (QED) is 0.876. The number of rotatable bonds is 2. The van der Waals surface area contributed by atoms with Crippen molar-refractivity contribution >= 4 is 23.1 Å². The average Bonchev–Trinajstić information content (AvgIpc) is 3.10. The number of urea groups is 1. The van der Waals surface area contributed by atoms with Crippen LogP contribution in [0.15, 0.2) is 35.7 Å². The summed E-state index contributed by atoms with van der Waals surface area (Å²) in [6, 6.07) is 6.76. The van der Waals surface area contributed by atoms with Gasteiger partial charge in [-0.1, -0.05) is 6.07 Å². The molecule has 1 saturated heterocycles. The molecule has 110 valence electrons. The van der Waals surface area contributed by atoms with Crippen LogP contribution in [-0.4, -0.2) is 17.5 Å². The monoisotopic (exact) mass is 308 g/mol. The summed E-state index contributed by atoms with van der Waals surface area (Å²) in [5.41, 5.74) is -0.00164. The zero-order valence-corrected chi connectivity index (χ0v) is 12.0. The van der Waals surface area contributed by atoms with E-state index < -0.39 is 11.6 Å². The Balaban J connectivity index is 1.75. The fourth-order valence-electron chi connectivity index (χ4n) is 2.56. The molecule has 0 aliphatic carbocycles. The molecule has 1 atom stereocenters.